The van der Waals surface area contributed by atoms with E-state index in [0.717, 1.165) is 6.07 Å². The molecule has 31 heavy (non-hydrogen) atoms. The summed E-state index contributed by atoms with van der Waals surface area (Å²) < 4.78 is 48.8. The van der Waals surface area contributed by atoms with Crippen LogP contribution >= 0.6 is 0 Å². The number of amidine groups is 1. The summed E-state index contributed by atoms with van der Waals surface area (Å²) in [4.78, 5) is 20.7. The fraction of sp³-hybridized carbons (Fsp3) is 0.364. The maximum Gasteiger partial charge on any atom is 0.283 e. The van der Waals surface area contributed by atoms with Crippen molar-refractivity contribution in [2.75, 3.05) is 0 Å². The molecule has 1 aromatic heterocycles. The number of fused-ring (bicyclic) bond motifs is 1. The summed E-state index contributed by atoms with van der Waals surface area (Å²) in [5.74, 6) is -1.74. The number of nitrogens with zero attached hydrogens (tertiary/aromatic N) is 3. The number of pyridine rings is 1. The van der Waals surface area contributed by atoms with Crippen molar-refractivity contribution in [2.45, 2.75) is 44.8 Å². The van der Waals surface area contributed by atoms with Crippen LogP contribution in [0.2, 0.25) is 0 Å². The summed E-state index contributed by atoms with van der Waals surface area (Å²) in [5, 5.41) is 8.94. The van der Waals surface area contributed by atoms with E-state index in [1.54, 1.807) is 6.92 Å². The van der Waals surface area contributed by atoms with Crippen molar-refractivity contribution < 1.29 is 22.7 Å². The van der Waals surface area contributed by atoms with E-state index in [-0.39, 0.29) is 34.8 Å². The molecule has 9 heteroatoms. The van der Waals surface area contributed by atoms with Gasteiger partial charge in [-0.15, -0.1) is 0 Å². The van der Waals surface area contributed by atoms with Crippen LogP contribution in [0.5, 0.6) is 0 Å². The molecule has 1 aliphatic heterocycles. The molecule has 3 atom stereocenters. The third kappa shape index (κ3) is 3.42. The molecular weight excluding hydrogens is 409 g/mol. The summed E-state index contributed by atoms with van der Waals surface area (Å²) in [6.07, 6.45) is -2.04. The van der Waals surface area contributed by atoms with Crippen LogP contribution < -0.4 is 5.73 Å². The maximum atomic E-state index is 14.8. The number of ether oxygens (including phenoxy) is 1. The third-order valence-corrected chi connectivity index (χ3v) is 5.87. The van der Waals surface area contributed by atoms with E-state index in [2.05, 4.69) is 9.98 Å². The number of carbonyl (C=O) groups excluding carboxylic acids is 1. The molecule has 1 fully saturated rings. The number of aryl methyl sites for hydroxylation is 1. The Morgan fingerprint density at radius 3 is 2.77 bits per heavy atom. The standard InChI is InChI=1S/C22H19F3N4O2/c1-10-3-13(8-26)9-28-19(10)17(30)6-12-4-14(11(2)16(23)5-12)22(20(24)25)15-7-18(15)31-21(27)29-22/h3-5,9,15,18,20H,6-7H2,1-2H3,(H2,27,29)/t15-,18+,22+/m1/s1. The van der Waals surface area contributed by atoms with Crippen LogP contribution in [-0.4, -0.2) is 29.3 Å². The first-order valence-corrected chi connectivity index (χ1v) is 9.67. The number of Topliss-reactive ketones (excluding diaryl/α,β-unsaturated/α-hetero) is 1. The zero-order chi connectivity index (χ0) is 22.5. The highest BCUT2D eigenvalue weighted by molar-refractivity contribution is 5.97. The fourth-order valence-corrected chi connectivity index (χ4v) is 4.25. The number of halogens is 3. The van der Waals surface area contributed by atoms with Crippen molar-refractivity contribution in [3.05, 3.63) is 63.7 Å². The Bertz CT molecular complexity index is 1160. The van der Waals surface area contributed by atoms with Crippen LogP contribution in [0.4, 0.5) is 13.2 Å². The van der Waals surface area contributed by atoms with Gasteiger partial charge in [0, 0.05) is 18.5 Å². The van der Waals surface area contributed by atoms with E-state index < -0.39 is 35.6 Å². The van der Waals surface area contributed by atoms with Gasteiger partial charge in [0.2, 0.25) is 0 Å². The SMILES string of the molecule is Cc1cc(C#N)cnc1C(=O)Cc1cc(F)c(C)c([C@]2(C(F)F)N=C(N)O[C@H]3C[C@H]32)c1. The van der Waals surface area contributed by atoms with Crippen LogP contribution in [0.1, 0.15) is 44.7 Å². The van der Waals surface area contributed by atoms with Crippen molar-refractivity contribution in [1.29, 1.82) is 5.26 Å². The second-order valence-corrected chi connectivity index (χ2v) is 7.93. The van der Waals surface area contributed by atoms with Gasteiger partial charge in [-0.3, -0.25) is 9.78 Å². The van der Waals surface area contributed by atoms with Gasteiger partial charge < -0.3 is 10.5 Å². The number of hydrogen-bond donors (Lipinski definition) is 1. The van der Waals surface area contributed by atoms with Crippen molar-refractivity contribution in [2.24, 2.45) is 16.6 Å². The molecule has 0 saturated heterocycles. The number of aliphatic imine (C=N–C) groups is 1. The molecule has 0 bridgehead atoms. The normalized spacial score (nSPS) is 24.1. The summed E-state index contributed by atoms with van der Waals surface area (Å²) in [6.45, 7) is 3.05. The topological polar surface area (TPSA) is 101 Å². The van der Waals surface area contributed by atoms with E-state index in [9.17, 15) is 18.0 Å². The van der Waals surface area contributed by atoms with Gasteiger partial charge in [0.1, 0.15) is 23.7 Å². The van der Waals surface area contributed by atoms with Crippen LogP contribution in [0.25, 0.3) is 0 Å². The minimum absolute atomic E-state index is 0.00793. The molecule has 1 aromatic carbocycles. The van der Waals surface area contributed by atoms with E-state index in [4.69, 9.17) is 15.7 Å². The molecule has 1 saturated carbocycles. The lowest BCUT2D eigenvalue weighted by Crippen LogP contribution is -2.43. The lowest BCUT2D eigenvalue weighted by Gasteiger charge is -2.34. The van der Waals surface area contributed by atoms with E-state index in [1.165, 1.54) is 25.3 Å². The van der Waals surface area contributed by atoms with Gasteiger partial charge in [-0.25, -0.2) is 18.2 Å². The average molecular weight is 428 g/mol. The van der Waals surface area contributed by atoms with Gasteiger partial charge >= 0.3 is 0 Å². The lowest BCUT2D eigenvalue weighted by atomic mass is 9.81. The van der Waals surface area contributed by atoms with Gasteiger partial charge in [0.15, 0.2) is 11.3 Å². The van der Waals surface area contributed by atoms with Crippen molar-refractivity contribution >= 4 is 11.8 Å². The summed E-state index contributed by atoms with van der Waals surface area (Å²) in [6, 6.07) is 5.68. The highest BCUT2D eigenvalue weighted by atomic mass is 19.3. The average Bonchev–Trinajstić information content (AvgIpc) is 3.49. The van der Waals surface area contributed by atoms with Crippen LogP contribution in [-0.2, 0) is 16.7 Å². The Labute approximate surface area is 176 Å². The molecule has 6 nitrogen and oxygen atoms in total. The van der Waals surface area contributed by atoms with E-state index in [0.29, 0.717) is 17.5 Å². The highest BCUT2D eigenvalue weighted by Crippen LogP contribution is 2.56. The van der Waals surface area contributed by atoms with E-state index in [1.807, 2.05) is 6.07 Å². The predicted octanol–water partition coefficient (Wildman–Crippen LogP) is 3.33. The molecule has 160 valence electrons. The summed E-state index contributed by atoms with van der Waals surface area (Å²) >= 11 is 0. The minimum atomic E-state index is -2.93. The molecule has 2 aliphatic rings. The first kappa shape index (κ1) is 20.8. The number of aromatic nitrogens is 1. The van der Waals surface area contributed by atoms with Gasteiger partial charge in [0.05, 0.1) is 5.56 Å². The zero-order valence-corrected chi connectivity index (χ0v) is 16.8. The van der Waals surface area contributed by atoms with Crippen molar-refractivity contribution in [3.8, 4) is 6.07 Å². The number of hydrogen-bond acceptors (Lipinski definition) is 6. The van der Waals surface area contributed by atoms with Gasteiger partial charge in [-0.2, -0.15) is 5.26 Å². The Balaban J connectivity index is 1.75. The monoisotopic (exact) mass is 428 g/mol. The van der Waals surface area contributed by atoms with Crippen LogP contribution in [0, 0.1) is 36.9 Å². The first-order valence-electron chi connectivity index (χ1n) is 9.67. The number of ketones is 1. The Hall–Kier alpha value is -3.41. The number of alkyl halides is 2. The smallest absolute Gasteiger partial charge is 0.283 e. The quantitative estimate of drug-likeness (QED) is 0.736. The van der Waals surface area contributed by atoms with Gasteiger partial charge in [-0.1, -0.05) is 6.07 Å². The zero-order valence-electron chi connectivity index (χ0n) is 16.8. The van der Waals surface area contributed by atoms with E-state index >= 15 is 0 Å². The molecule has 2 N–H and O–H groups in total. The number of rotatable bonds is 5. The number of nitriles is 1. The molecule has 0 spiro atoms. The molecule has 0 amide bonds. The number of carbonyl (C=O) groups is 1. The maximum absolute atomic E-state index is 14.8. The minimum Gasteiger partial charge on any atom is -0.462 e. The first-order chi connectivity index (χ1) is 14.7. The van der Waals surface area contributed by atoms with Crippen molar-refractivity contribution in [1.82, 2.24) is 4.98 Å². The Morgan fingerprint density at radius 1 is 1.39 bits per heavy atom. The summed E-state index contributed by atoms with van der Waals surface area (Å²) in [7, 11) is 0. The van der Waals surface area contributed by atoms with Gasteiger partial charge in [-0.05, 0) is 54.7 Å². The number of nitrogens with two attached hydrogens (primary N) is 1. The molecule has 2 aromatic rings. The van der Waals surface area contributed by atoms with Gasteiger partial charge in [0.25, 0.3) is 12.4 Å². The molecule has 1 aliphatic carbocycles. The molecule has 0 unspecified atom stereocenters. The molecule has 2 heterocycles. The highest BCUT2D eigenvalue weighted by Gasteiger charge is 2.64. The summed E-state index contributed by atoms with van der Waals surface area (Å²) in [5.41, 5.74) is 4.85. The van der Waals surface area contributed by atoms with Crippen LogP contribution in [0.3, 0.4) is 0 Å². The third-order valence-electron chi connectivity index (χ3n) is 5.87. The fourth-order valence-electron chi connectivity index (χ4n) is 4.25. The molecule has 4 rings (SSSR count). The second-order valence-electron chi connectivity index (χ2n) is 7.93. The lowest BCUT2D eigenvalue weighted by molar-refractivity contribution is 0.0191. The molecular formula is C22H19F3N4O2. The Morgan fingerprint density at radius 2 is 2.13 bits per heavy atom. The van der Waals surface area contributed by atoms with Crippen LogP contribution in [0.15, 0.2) is 29.4 Å². The number of benzene rings is 1. The Kier molecular flexibility index (Phi) is 4.96. The molecule has 0 radical (unpaired) electrons. The van der Waals surface area contributed by atoms with Crippen molar-refractivity contribution in [3.63, 3.8) is 0 Å². The predicted molar refractivity (Wildman–Crippen MR) is 105 cm³/mol. The second kappa shape index (κ2) is 7.38. The largest absolute Gasteiger partial charge is 0.462 e.